The molecule has 1 saturated heterocycles. The van der Waals surface area contributed by atoms with Crippen molar-refractivity contribution in [3.8, 4) is 0 Å². The zero-order valence-corrected chi connectivity index (χ0v) is 11.1. The van der Waals surface area contributed by atoms with Crippen LogP contribution in [0.1, 0.15) is 5.56 Å². The number of anilines is 1. The van der Waals surface area contributed by atoms with Gasteiger partial charge in [0, 0.05) is 45.0 Å². The first kappa shape index (κ1) is 13.3. The Labute approximate surface area is 109 Å². The molecule has 100 valence electrons. The van der Waals surface area contributed by atoms with Crippen molar-refractivity contribution in [3.63, 3.8) is 0 Å². The Kier molecular flexibility index (Phi) is 4.99. The molecule has 1 aromatic rings. The Morgan fingerprint density at radius 1 is 1.17 bits per heavy atom. The fraction of sp³-hybridized carbons (Fsp3) is 0.571. The molecule has 0 spiro atoms. The highest BCUT2D eigenvalue weighted by Crippen LogP contribution is 2.21. The molecule has 0 unspecified atom stereocenters. The first-order valence-corrected chi connectivity index (χ1v) is 6.66. The molecule has 4 heteroatoms. The Bertz CT molecular complexity index is 362. The van der Waals surface area contributed by atoms with Crippen molar-refractivity contribution in [3.05, 3.63) is 29.8 Å². The third kappa shape index (κ3) is 3.22. The van der Waals surface area contributed by atoms with E-state index in [4.69, 9.17) is 5.11 Å². The molecule has 0 saturated carbocycles. The van der Waals surface area contributed by atoms with Crippen LogP contribution in [-0.4, -0.2) is 56.4 Å². The topological polar surface area (TPSA) is 38.7 Å². The number of rotatable bonds is 5. The molecule has 0 atom stereocenters. The molecular weight excluding hydrogens is 226 g/mol. The lowest BCUT2D eigenvalue weighted by molar-refractivity contribution is 0.188. The fourth-order valence-corrected chi connectivity index (χ4v) is 2.51. The summed E-state index contributed by atoms with van der Waals surface area (Å²) in [6.07, 6.45) is 0. The van der Waals surface area contributed by atoms with E-state index in [1.165, 1.54) is 11.3 Å². The van der Waals surface area contributed by atoms with Gasteiger partial charge in [-0.2, -0.15) is 0 Å². The van der Waals surface area contributed by atoms with E-state index in [-0.39, 0.29) is 6.61 Å². The number of para-hydroxylation sites is 1. The number of hydrogen-bond acceptors (Lipinski definition) is 4. The van der Waals surface area contributed by atoms with Crippen molar-refractivity contribution < 1.29 is 5.11 Å². The van der Waals surface area contributed by atoms with Gasteiger partial charge in [0.25, 0.3) is 0 Å². The van der Waals surface area contributed by atoms with Gasteiger partial charge in [0.2, 0.25) is 0 Å². The lowest BCUT2D eigenvalue weighted by atomic mass is 10.1. The van der Waals surface area contributed by atoms with Crippen LogP contribution >= 0.6 is 0 Å². The highest BCUT2D eigenvalue weighted by Gasteiger charge is 2.18. The van der Waals surface area contributed by atoms with Gasteiger partial charge in [-0.05, 0) is 18.7 Å². The minimum absolute atomic E-state index is 0.260. The highest BCUT2D eigenvalue weighted by molar-refractivity contribution is 5.54. The third-order valence-corrected chi connectivity index (χ3v) is 3.49. The van der Waals surface area contributed by atoms with Gasteiger partial charge in [-0.15, -0.1) is 0 Å². The minimum Gasteiger partial charge on any atom is -0.395 e. The molecule has 4 nitrogen and oxygen atoms in total. The molecule has 1 heterocycles. The number of nitrogens with zero attached hydrogens (tertiary/aromatic N) is 2. The predicted molar refractivity (Wildman–Crippen MR) is 74.9 cm³/mol. The smallest absolute Gasteiger partial charge is 0.0558 e. The van der Waals surface area contributed by atoms with Gasteiger partial charge in [0.1, 0.15) is 0 Å². The van der Waals surface area contributed by atoms with Crippen molar-refractivity contribution in [1.82, 2.24) is 10.2 Å². The summed E-state index contributed by atoms with van der Waals surface area (Å²) in [6, 6.07) is 8.59. The van der Waals surface area contributed by atoms with Gasteiger partial charge in [-0.3, -0.25) is 4.90 Å². The van der Waals surface area contributed by atoms with Crippen LogP contribution in [0.2, 0.25) is 0 Å². The Balaban J connectivity index is 2.00. The molecule has 0 aromatic heterocycles. The van der Waals surface area contributed by atoms with Crippen LogP contribution in [0.5, 0.6) is 0 Å². The SMILES string of the molecule is CNCc1ccccc1N1CCN(CCO)CC1. The molecule has 1 aromatic carbocycles. The van der Waals surface area contributed by atoms with Gasteiger partial charge < -0.3 is 15.3 Å². The van der Waals surface area contributed by atoms with Crippen LogP contribution < -0.4 is 10.2 Å². The quantitative estimate of drug-likeness (QED) is 0.798. The Hall–Kier alpha value is -1.10. The average Bonchev–Trinajstić information content (AvgIpc) is 2.41. The molecule has 0 amide bonds. The Morgan fingerprint density at radius 3 is 2.56 bits per heavy atom. The fourth-order valence-electron chi connectivity index (χ4n) is 2.51. The predicted octanol–water partition coefficient (Wildman–Crippen LogP) is 0.520. The average molecular weight is 249 g/mol. The van der Waals surface area contributed by atoms with Crippen LogP contribution in [-0.2, 0) is 6.54 Å². The normalized spacial score (nSPS) is 17.1. The van der Waals surface area contributed by atoms with Crippen LogP contribution in [0.15, 0.2) is 24.3 Å². The summed E-state index contributed by atoms with van der Waals surface area (Å²) in [5.74, 6) is 0. The number of hydrogen-bond donors (Lipinski definition) is 2. The zero-order valence-electron chi connectivity index (χ0n) is 11.1. The van der Waals surface area contributed by atoms with Crippen molar-refractivity contribution in [2.45, 2.75) is 6.54 Å². The zero-order chi connectivity index (χ0) is 12.8. The van der Waals surface area contributed by atoms with E-state index >= 15 is 0 Å². The first-order chi connectivity index (χ1) is 8.85. The van der Waals surface area contributed by atoms with E-state index < -0.39 is 0 Å². The molecule has 18 heavy (non-hydrogen) atoms. The van der Waals surface area contributed by atoms with Crippen molar-refractivity contribution in [2.24, 2.45) is 0 Å². The lowest BCUT2D eigenvalue weighted by Crippen LogP contribution is -2.47. The van der Waals surface area contributed by atoms with E-state index in [0.717, 1.165) is 39.3 Å². The van der Waals surface area contributed by atoms with Gasteiger partial charge in [0.05, 0.1) is 6.61 Å². The summed E-state index contributed by atoms with van der Waals surface area (Å²) in [5.41, 5.74) is 2.70. The molecule has 0 bridgehead atoms. The maximum Gasteiger partial charge on any atom is 0.0558 e. The first-order valence-electron chi connectivity index (χ1n) is 6.66. The van der Waals surface area contributed by atoms with E-state index in [0.29, 0.717) is 0 Å². The van der Waals surface area contributed by atoms with Gasteiger partial charge in [0.15, 0.2) is 0 Å². The molecular formula is C14H23N3O. The number of aliphatic hydroxyl groups is 1. The van der Waals surface area contributed by atoms with Crippen molar-refractivity contribution in [2.75, 3.05) is 51.3 Å². The van der Waals surface area contributed by atoms with Crippen LogP contribution in [0.4, 0.5) is 5.69 Å². The van der Waals surface area contributed by atoms with Crippen molar-refractivity contribution >= 4 is 5.69 Å². The highest BCUT2D eigenvalue weighted by atomic mass is 16.3. The van der Waals surface area contributed by atoms with Gasteiger partial charge in [-0.1, -0.05) is 18.2 Å². The van der Waals surface area contributed by atoms with Gasteiger partial charge >= 0.3 is 0 Å². The maximum absolute atomic E-state index is 8.95. The monoisotopic (exact) mass is 249 g/mol. The van der Waals surface area contributed by atoms with Crippen molar-refractivity contribution in [1.29, 1.82) is 0 Å². The Morgan fingerprint density at radius 2 is 1.89 bits per heavy atom. The number of aliphatic hydroxyl groups excluding tert-OH is 1. The summed E-state index contributed by atoms with van der Waals surface area (Å²) in [4.78, 5) is 4.76. The summed E-state index contributed by atoms with van der Waals surface area (Å²) >= 11 is 0. The van der Waals surface area contributed by atoms with E-state index in [9.17, 15) is 0 Å². The second-order valence-electron chi connectivity index (χ2n) is 4.71. The second kappa shape index (κ2) is 6.73. The summed E-state index contributed by atoms with van der Waals surface area (Å²) in [7, 11) is 1.98. The summed E-state index contributed by atoms with van der Waals surface area (Å²) in [6.45, 7) is 6.12. The number of piperazine rings is 1. The largest absolute Gasteiger partial charge is 0.395 e. The van der Waals surface area contributed by atoms with E-state index in [1.807, 2.05) is 7.05 Å². The minimum atomic E-state index is 0.260. The molecule has 2 rings (SSSR count). The van der Waals surface area contributed by atoms with E-state index in [2.05, 4.69) is 39.4 Å². The second-order valence-corrected chi connectivity index (χ2v) is 4.71. The van der Waals surface area contributed by atoms with Crippen LogP contribution in [0.25, 0.3) is 0 Å². The molecule has 0 radical (unpaired) electrons. The number of β-amino-alcohol motifs (C(OH)–C–C–N with tert-alkyl or cyclic N) is 1. The van der Waals surface area contributed by atoms with Gasteiger partial charge in [-0.25, -0.2) is 0 Å². The molecule has 2 N–H and O–H groups in total. The number of benzene rings is 1. The standard InChI is InChI=1S/C14H23N3O/c1-15-12-13-4-2-3-5-14(13)17-8-6-16(7-9-17)10-11-18/h2-5,15,18H,6-12H2,1H3. The molecule has 1 aliphatic rings. The number of nitrogens with one attached hydrogen (secondary N) is 1. The molecule has 0 aliphatic carbocycles. The van der Waals surface area contributed by atoms with Crippen LogP contribution in [0.3, 0.4) is 0 Å². The summed E-state index contributed by atoms with van der Waals surface area (Å²) < 4.78 is 0. The molecule has 1 fully saturated rings. The lowest BCUT2D eigenvalue weighted by Gasteiger charge is -2.36. The maximum atomic E-state index is 8.95. The van der Waals surface area contributed by atoms with Crippen LogP contribution in [0, 0.1) is 0 Å². The summed E-state index contributed by atoms with van der Waals surface area (Å²) in [5, 5.41) is 12.2. The third-order valence-electron chi connectivity index (χ3n) is 3.49. The molecule has 1 aliphatic heterocycles. The van der Waals surface area contributed by atoms with E-state index in [1.54, 1.807) is 0 Å².